The molecule has 0 aliphatic heterocycles. The molecular formula is C15H18ClNO. The molecule has 0 N–H and O–H groups in total. The monoisotopic (exact) mass is 263 g/mol. The molecule has 1 saturated carbocycles. The van der Waals surface area contributed by atoms with E-state index >= 15 is 0 Å². The molecule has 96 valence electrons. The van der Waals surface area contributed by atoms with Crippen LogP contribution in [-0.4, -0.2) is 11.5 Å². The Balaban J connectivity index is 2.05. The topological polar surface area (TPSA) is 29.4 Å². The molecule has 1 aliphatic rings. The summed E-state index contributed by atoms with van der Waals surface area (Å²) < 4.78 is 0. The Hall–Kier alpha value is -1.15. The number of hydrogen-bond donors (Lipinski definition) is 0. The van der Waals surface area contributed by atoms with Gasteiger partial charge in [0.05, 0.1) is 6.54 Å². The summed E-state index contributed by atoms with van der Waals surface area (Å²) in [6.07, 6.45) is 2.12. The summed E-state index contributed by atoms with van der Waals surface area (Å²) in [7, 11) is 0. The van der Waals surface area contributed by atoms with Crippen LogP contribution in [0.3, 0.4) is 0 Å². The molecule has 2 rings (SSSR count). The second kappa shape index (κ2) is 5.23. The van der Waals surface area contributed by atoms with Gasteiger partial charge in [0, 0.05) is 23.6 Å². The van der Waals surface area contributed by atoms with Gasteiger partial charge in [0.25, 0.3) is 0 Å². The van der Waals surface area contributed by atoms with Crippen molar-refractivity contribution >= 4 is 23.1 Å². The van der Waals surface area contributed by atoms with Crippen molar-refractivity contribution < 1.29 is 4.79 Å². The minimum Gasteiger partial charge on any atom is -0.299 e. The third kappa shape index (κ3) is 3.67. The van der Waals surface area contributed by atoms with E-state index in [1.54, 1.807) is 0 Å². The maximum atomic E-state index is 11.6. The van der Waals surface area contributed by atoms with Crippen molar-refractivity contribution in [2.45, 2.75) is 39.7 Å². The van der Waals surface area contributed by atoms with Crippen LogP contribution in [0.1, 0.15) is 38.7 Å². The largest absolute Gasteiger partial charge is 0.299 e. The molecule has 0 amide bonds. The third-order valence-electron chi connectivity index (χ3n) is 3.16. The first-order valence-corrected chi connectivity index (χ1v) is 6.61. The van der Waals surface area contributed by atoms with E-state index in [-0.39, 0.29) is 5.41 Å². The van der Waals surface area contributed by atoms with Gasteiger partial charge in [-0.25, -0.2) is 0 Å². The summed E-state index contributed by atoms with van der Waals surface area (Å²) in [6.45, 7) is 4.89. The van der Waals surface area contributed by atoms with Crippen molar-refractivity contribution in [2.24, 2.45) is 10.4 Å². The number of hydrogen-bond acceptors (Lipinski definition) is 2. The number of rotatable bonds is 2. The fourth-order valence-corrected chi connectivity index (χ4v) is 2.53. The lowest BCUT2D eigenvalue weighted by atomic mass is 9.76. The van der Waals surface area contributed by atoms with Crippen molar-refractivity contribution in [3.05, 3.63) is 34.9 Å². The highest BCUT2D eigenvalue weighted by molar-refractivity contribution is 6.30. The Bertz CT molecular complexity index is 474. The molecule has 1 aromatic carbocycles. The molecule has 2 nitrogen and oxygen atoms in total. The highest BCUT2D eigenvalue weighted by Crippen LogP contribution is 2.31. The third-order valence-corrected chi connectivity index (χ3v) is 3.41. The second-order valence-electron chi connectivity index (χ2n) is 5.74. The van der Waals surface area contributed by atoms with Gasteiger partial charge < -0.3 is 0 Å². The predicted molar refractivity (Wildman–Crippen MR) is 75.2 cm³/mol. The quantitative estimate of drug-likeness (QED) is 0.791. The zero-order chi connectivity index (χ0) is 13.2. The fraction of sp³-hybridized carbons (Fsp3) is 0.467. The molecule has 1 aliphatic carbocycles. The standard InChI is InChI=1S/C15H18ClNO/c1-15(2)8-13(7-14(18)9-15)17-10-11-3-5-12(16)6-4-11/h3-6H,7-10H2,1-2H3. The molecule has 0 heterocycles. The van der Waals surface area contributed by atoms with E-state index in [4.69, 9.17) is 11.6 Å². The molecular weight excluding hydrogens is 246 g/mol. The number of carbonyl (C=O) groups excluding carboxylic acids is 1. The molecule has 0 unspecified atom stereocenters. The van der Waals surface area contributed by atoms with Crippen LogP contribution < -0.4 is 0 Å². The number of benzene rings is 1. The van der Waals surface area contributed by atoms with Gasteiger partial charge >= 0.3 is 0 Å². The van der Waals surface area contributed by atoms with Crippen LogP contribution in [0.4, 0.5) is 0 Å². The highest BCUT2D eigenvalue weighted by Gasteiger charge is 2.29. The minimum absolute atomic E-state index is 0.0637. The van der Waals surface area contributed by atoms with Crippen LogP contribution in [0.2, 0.25) is 5.02 Å². The van der Waals surface area contributed by atoms with Gasteiger partial charge in [-0.05, 0) is 29.5 Å². The van der Waals surface area contributed by atoms with E-state index < -0.39 is 0 Å². The average Bonchev–Trinajstić information content (AvgIpc) is 2.25. The zero-order valence-electron chi connectivity index (χ0n) is 10.9. The summed E-state index contributed by atoms with van der Waals surface area (Å²) >= 11 is 5.84. The van der Waals surface area contributed by atoms with E-state index in [0.717, 1.165) is 22.7 Å². The van der Waals surface area contributed by atoms with Gasteiger partial charge in [-0.3, -0.25) is 9.79 Å². The van der Waals surface area contributed by atoms with Crippen molar-refractivity contribution in [2.75, 3.05) is 0 Å². The van der Waals surface area contributed by atoms with Gasteiger partial charge in [-0.2, -0.15) is 0 Å². The number of ketones is 1. The lowest BCUT2D eigenvalue weighted by molar-refractivity contribution is -0.120. The first-order valence-electron chi connectivity index (χ1n) is 6.23. The van der Waals surface area contributed by atoms with Gasteiger partial charge in [-0.1, -0.05) is 37.6 Å². The summed E-state index contributed by atoms with van der Waals surface area (Å²) in [4.78, 5) is 16.2. The summed E-state index contributed by atoms with van der Waals surface area (Å²) in [5, 5.41) is 0.736. The molecule has 0 spiro atoms. The van der Waals surface area contributed by atoms with Crippen LogP contribution in [0, 0.1) is 5.41 Å². The van der Waals surface area contributed by atoms with Crippen LogP contribution in [0.5, 0.6) is 0 Å². The Labute approximate surface area is 113 Å². The normalized spacial score (nSPS) is 21.3. The van der Waals surface area contributed by atoms with Gasteiger partial charge in [0.1, 0.15) is 5.78 Å². The minimum atomic E-state index is 0.0637. The van der Waals surface area contributed by atoms with Gasteiger partial charge in [0.15, 0.2) is 0 Å². The van der Waals surface area contributed by atoms with Crippen LogP contribution in [0.15, 0.2) is 29.3 Å². The van der Waals surface area contributed by atoms with Crippen LogP contribution in [0.25, 0.3) is 0 Å². The Morgan fingerprint density at radius 1 is 1.22 bits per heavy atom. The first kappa shape index (κ1) is 13.3. The summed E-state index contributed by atoms with van der Waals surface area (Å²) in [5.41, 5.74) is 2.22. The molecule has 1 fully saturated rings. The molecule has 0 atom stereocenters. The van der Waals surface area contributed by atoms with E-state index in [2.05, 4.69) is 18.8 Å². The highest BCUT2D eigenvalue weighted by atomic mass is 35.5. The second-order valence-corrected chi connectivity index (χ2v) is 6.18. The van der Waals surface area contributed by atoms with Crippen molar-refractivity contribution in [1.29, 1.82) is 0 Å². The predicted octanol–water partition coefficient (Wildman–Crippen LogP) is 4.06. The zero-order valence-corrected chi connectivity index (χ0v) is 11.6. The summed E-state index contributed by atoms with van der Waals surface area (Å²) in [6, 6.07) is 7.68. The maximum Gasteiger partial charge on any atom is 0.139 e. The van der Waals surface area contributed by atoms with E-state index in [1.807, 2.05) is 24.3 Å². The molecule has 0 radical (unpaired) electrons. The molecule has 0 bridgehead atoms. The van der Waals surface area contributed by atoms with Gasteiger partial charge in [-0.15, -0.1) is 0 Å². The summed E-state index contributed by atoms with van der Waals surface area (Å²) in [5.74, 6) is 0.307. The number of aliphatic imine (C=N–C) groups is 1. The van der Waals surface area contributed by atoms with Crippen LogP contribution in [-0.2, 0) is 11.3 Å². The fourth-order valence-electron chi connectivity index (χ4n) is 2.41. The van der Waals surface area contributed by atoms with Gasteiger partial charge in [0.2, 0.25) is 0 Å². The number of nitrogens with zero attached hydrogens (tertiary/aromatic N) is 1. The Morgan fingerprint density at radius 3 is 2.50 bits per heavy atom. The van der Waals surface area contributed by atoms with Crippen molar-refractivity contribution in [3.8, 4) is 0 Å². The number of Topliss-reactive ketones (excluding diaryl/α,β-unsaturated/α-hetero) is 1. The average molecular weight is 264 g/mol. The van der Waals surface area contributed by atoms with Crippen molar-refractivity contribution in [1.82, 2.24) is 0 Å². The SMILES string of the molecule is CC1(C)CC(=O)CC(=NCc2ccc(Cl)cc2)C1. The number of halogens is 1. The number of carbonyl (C=O) groups is 1. The molecule has 3 heteroatoms. The Kier molecular flexibility index (Phi) is 3.86. The maximum absolute atomic E-state index is 11.6. The van der Waals surface area contributed by atoms with E-state index in [0.29, 0.717) is 25.2 Å². The smallest absolute Gasteiger partial charge is 0.139 e. The molecule has 0 saturated heterocycles. The first-order chi connectivity index (χ1) is 8.44. The molecule has 1 aromatic rings. The Morgan fingerprint density at radius 2 is 1.89 bits per heavy atom. The lowest BCUT2D eigenvalue weighted by Crippen LogP contribution is -2.29. The van der Waals surface area contributed by atoms with Crippen LogP contribution >= 0.6 is 11.6 Å². The van der Waals surface area contributed by atoms with E-state index in [9.17, 15) is 4.79 Å². The van der Waals surface area contributed by atoms with E-state index in [1.165, 1.54) is 0 Å². The van der Waals surface area contributed by atoms with Crippen molar-refractivity contribution in [3.63, 3.8) is 0 Å². The molecule has 0 aromatic heterocycles. The lowest BCUT2D eigenvalue weighted by Gasteiger charge is -2.29. The molecule has 18 heavy (non-hydrogen) atoms.